The van der Waals surface area contributed by atoms with Crippen LogP contribution in [-0.2, 0) is 6.42 Å². The number of anilines is 1. The number of nitrogens with one attached hydrogen (secondary N) is 1. The highest BCUT2D eigenvalue weighted by atomic mass is 35.5. The fourth-order valence-electron chi connectivity index (χ4n) is 3.66. The highest BCUT2D eigenvalue weighted by Gasteiger charge is 2.20. The summed E-state index contributed by atoms with van der Waals surface area (Å²) in [5.41, 5.74) is 6.27. The highest BCUT2D eigenvalue weighted by Crippen LogP contribution is 2.28. The average molecular weight is 407 g/mol. The summed E-state index contributed by atoms with van der Waals surface area (Å²) in [7, 11) is 0. The predicted molar refractivity (Wildman–Crippen MR) is 120 cm³/mol. The molecule has 3 aromatic carbocycles. The van der Waals surface area contributed by atoms with Gasteiger partial charge in [0.05, 0.1) is 11.8 Å². The van der Waals surface area contributed by atoms with E-state index in [1.807, 2.05) is 18.2 Å². The third-order valence-electron chi connectivity index (χ3n) is 5.31. The smallest absolute Gasteiger partial charge is 0.123 e. The summed E-state index contributed by atoms with van der Waals surface area (Å²) in [4.78, 5) is 5.08. The SMILES string of the molecule is CC(C)c1ccc(CC2CNc3ccc(Cl)cc3C(c3ccc(F)cc3)=N2)cc1. The van der Waals surface area contributed by atoms with Crippen LogP contribution in [0.2, 0.25) is 5.02 Å². The van der Waals surface area contributed by atoms with E-state index in [4.69, 9.17) is 16.6 Å². The van der Waals surface area contributed by atoms with Crippen molar-refractivity contribution in [3.05, 3.63) is 99.8 Å². The number of rotatable bonds is 4. The summed E-state index contributed by atoms with van der Waals surface area (Å²) in [6.45, 7) is 5.13. The van der Waals surface area contributed by atoms with Crippen molar-refractivity contribution in [3.8, 4) is 0 Å². The average Bonchev–Trinajstić information content (AvgIpc) is 2.88. The second-order valence-corrected chi connectivity index (χ2v) is 8.25. The van der Waals surface area contributed by atoms with E-state index < -0.39 is 0 Å². The van der Waals surface area contributed by atoms with Crippen molar-refractivity contribution in [1.29, 1.82) is 0 Å². The third-order valence-corrected chi connectivity index (χ3v) is 5.55. The Morgan fingerprint density at radius 1 is 1.03 bits per heavy atom. The molecule has 0 saturated heterocycles. The van der Waals surface area contributed by atoms with E-state index >= 15 is 0 Å². The summed E-state index contributed by atoms with van der Waals surface area (Å²) in [6.07, 6.45) is 0.831. The first-order chi connectivity index (χ1) is 14.0. The molecule has 4 rings (SSSR count). The molecule has 0 spiro atoms. The van der Waals surface area contributed by atoms with Crippen molar-refractivity contribution in [1.82, 2.24) is 0 Å². The van der Waals surface area contributed by atoms with E-state index in [0.717, 1.165) is 35.5 Å². The second kappa shape index (κ2) is 8.38. The molecule has 0 amide bonds. The zero-order valence-corrected chi connectivity index (χ0v) is 17.4. The Morgan fingerprint density at radius 2 is 1.76 bits per heavy atom. The van der Waals surface area contributed by atoms with E-state index in [0.29, 0.717) is 10.9 Å². The summed E-state index contributed by atoms with van der Waals surface area (Å²) >= 11 is 6.27. The minimum atomic E-state index is -0.255. The van der Waals surface area contributed by atoms with Crippen molar-refractivity contribution >= 4 is 23.0 Å². The Kier molecular flexibility index (Phi) is 5.68. The van der Waals surface area contributed by atoms with Crippen LogP contribution in [0.4, 0.5) is 10.1 Å². The van der Waals surface area contributed by atoms with Gasteiger partial charge in [0.15, 0.2) is 0 Å². The van der Waals surface area contributed by atoms with E-state index in [1.54, 1.807) is 12.1 Å². The van der Waals surface area contributed by atoms with Gasteiger partial charge in [0.1, 0.15) is 5.82 Å². The third kappa shape index (κ3) is 4.51. The monoisotopic (exact) mass is 406 g/mol. The van der Waals surface area contributed by atoms with Gasteiger partial charge in [0.2, 0.25) is 0 Å². The number of fused-ring (bicyclic) bond motifs is 1. The lowest BCUT2D eigenvalue weighted by Crippen LogP contribution is -2.20. The molecule has 1 aliphatic heterocycles. The fourth-order valence-corrected chi connectivity index (χ4v) is 3.83. The molecule has 0 radical (unpaired) electrons. The molecule has 29 heavy (non-hydrogen) atoms. The lowest BCUT2D eigenvalue weighted by molar-refractivity contribution is 0.627. The van der Waals surface area contributed by atoms with Gasteiger partial charge < -0.3 is 5.32 Å². The van der Waals surface area contributed by atoms with Crippen LogP contribution >= 0.6 is 11.6 Å². The summed E-state index contributed by atoms with van der Waals surface area (Å²) in [5.74, 6) is 0.264. The summed E-state index contributed by atoms with van der Waals surface area (Å²) < 4.78 is 13.5. The Morgan fingerprint density at radius 3 is 2.45 bits per heavy atom. The van der Waals surface area contributed by atoms with Gasteiger partial charge in [-0.15, -0.1) is 0 Å². The van der Waals surface area contributed by atoms with Crippen molar-refractivity contribution in [2.45, 2.75) is 32.2 Å². The second-order valence-electron chi connectivity index (χ2n) is 7.81. The van der Waals surface area contributed by atoms with Crippen LogP contribution in [0.25, 0.3) is 0 Å². The van der Waals surface area contributed by atoms with Crippen LogP contribution in [0.5, 0.6) is 0 Å². The molecule has 148 valence electrons. The van der Waals surface area contributed by atoms with Gasteiger partial charge in [-0.25, -0.2) is 4.39 Å². The number of nitrogens with zero attached hydrogens (tertiary/aromatic N) is 1. The van der Waals surface area contributed by atoms with Crippen molar-refractivity contribution < 1.29 is 4.39 Å². The standard InChI is InChI=1S/C25H24ClFN2/c1-16(2)18-5-3-17(4-6-18)13-22-15-28-24-12-9-20(26)14-23(24)25(29-22)19-7-10-21(27)11-8-19/h3-12,14,16,22,28H,13,15H2,1-2H3. The van der Waals surface area contributed by atoms with Crippen LogP contribution in [-0.4, -0.2) is 18.3 Å². The fraction of sp³-hybridized carbons (Fsp3) is 0.240. The first kappa shape index (κ1) is 19.7. The Hall–Kier alpha value is -2.65. The number of halogens is 2. The molecule has 0 aliphatic carbocycles. The zero-order valence-electron chi connectivity index (χ0n) is 16.6. The van der Waals surface area contributed by atoms with Gasteiger partial charge in [-0.2, -0.15) is 0 Å². The Bertz CT molecular complexity index is 1020. The number of hydrogen-bond donors (Lipinski definition) is 1. The number of benzene rings is 3. The van der Waals surface area contributed by atoms with E-state index in [2.05, 4.69) is 43.4 Å². The lowest BCUT2D eigenvalue weighted by atomic mass is 9.98. The molecular weight excluding hydrogens is 383 g/mol. The minimum absolute atomic E-state index is 0.0612. The molecule has 2 nitrogen and oxygen atoms in total. The largest absolute Gasteiger partial charge is 0.382 e. The normalized spacial score (nSPS) is 16.0. The van der Waals surface area contributed by atoms with E-state index in [9.17, 15) is 4.39 Å². The van der Waals surface area contributed by atoms with Gasteiger partial charge in [-0.1, -0.05) is 49.7 Å². The molecule has 4 heteroatoms. The molecule has 3 aromatic rings. The molecule has 0 bridgehead atoms. The first-order valence-electron chi connectivity index (χ1n) is 9.96. The van der Waals surface area contributed by atoms with Crippen LogP contribution in [0.15, 0.2) is 71.7 Å². The van der Waals surface area contributed by atoms with Gasteiger partial charge in [0, 0.05) is 28.4 Å². The summed E-state index contributed by atoms with van der Waals surface area (Å²) in [6, 6.07) is 21.1. The van der Waals surface area contributed by atoms with Gasteiger partial charge in [0.25, 0.3) is 0 Å². The zero-order chi connectivity index (χ0) is 20.4. The lowest BCUT2D eigenvalue weighted by Gasteiger charge is -2.14. The number of aliphatic imine (C=N–C) groups is 1. The first-order valence-corrected chi connectivity index (χ1v) is 10.3. The molecule has 0 saturated carbocycles. The number of benzodiazepines with no additional fused rings is 1. The van der Waals surface area contributed by atoms with Crippen LogP contribution < -0.4 is 5.32 Å². The maximum atomic E-state index is 13.5. The van der Waals surface area contributed by atoms with E-state index in [1.165, 1.54) is 23.3 Å². The quantitative estimate of drug-likeness (QED) is 0.527. The topological polar surface area (TPSA) is 24.4 Å². The van der Waals surface area contributed by atoms with Crippen LogP contribution in [0.1, 0.15) is 42.0 Å². The van der Waals surface area contributed by atoms with Crippen LogP contribution in [0.3, 0.4) is 0 Å². The van der Waals surface area contributed by atoms with Gasteiger partial charge in [-0.05, 0) is 65.9 Å². The molecule has 1 aliphatic rings. The molecule has 1 unspecified atom stereocenters. The van der Waals surface area contributed by atoms with Crippen molar-refractivity contribution in [3.63, 3.8) is 0 Å². The van der Waals surface area contributed by atoms with E-state index in [-0.39, 0.29) is 11.9 Å². The van der Waals surface area contributed by atoms with Gasteiger partial charge >= 0.3 is 0 Å². The number of hydrogen-bond acceptors (Lipinski definition) is 2. The Labute approximate surface area is 176 Å². The molecule has 0 fully saturated rings. The van der Waals surface area contributed by atoms with Crippen LogP contribution in [0, 0.1) is 5.82 Å². The highest BCUT2D eigenvalue weighted by molar-refractivity contribution is 6.31. The Balaban J connectivity index is 1.70. The maximum absolute atomic E-state index is 13.5. The van der Waals surface area contributed by atoms with Crippen molar-refractivity contribution in [2.24, 2.45) is 4.99 Å². The van der Waals surface area contributed by atoms with Gasteiger partial charge in [-0.3, -0.25) is 4.99 Å². The minimum Gasteiger partial charge on any atom is -0.382 e. The predicted octanol–water partition coefficient (Wildman–Crippen LogP) is 6.48. The maximum Gasteiger partial charge on any atom is 0.123 e. The molecule has 1 heterocycles. The molecule has 0 aromatic heterocycles. The van der Waals surface area contributed by atoms with Crippen molar-refractivity contribution in [2.75, 3.05) is 11.9 Å². The summed E-state index contributed by atoms with van der Waals surface area (Å²) in [5, 5.41) is 4.17. The molecule has 1 N–H and O–H groups in total. The molecular formula is C25H24ClFN2. The molecule has 1 atom stereocenters.